The van der Waals surface area contributed by atoms with Crippen LogP contribution in [0.5, 0.6) is 0 Å². The van der Waals surface area contributed by atoms with Gasteiger partial charge in [0.25, 0.3) is 0 Å². The van der Waals surface area contributed by atoms with Crippen LogP contribution in [-0.2, 0) is 11.3 Å². The Hall–Kier alpha value is -2.57. The fourth-order valence-corrected chi connectivity index (χ4v) is 3.20. The van der Waals surface area contributed by atoms with Gasteiger partial charge in [0.05, 0.1) is 5.69 Å². The number of benzene rings is 1. The number of hydrogen-bond donors (Lipinski definition) is 3. The van der Waals surface area contributed by atoms with Crippen molar-refractivity contribution in [2.75, 3.05) is 5.32 Å². The normalized spacial score (nSPS) is 12.0. The average molecular weight is 432 g/mol. The lowest BCUT2D eigenvalue weighted by Crippen LogP contribution is -2.40. The van der Waals surface area contributed by atoms with Gasteiger partial charge in [-0.3, -0.25) is 4.79 Å². The molecule has 152 valence electrons. The number of nitrogens with one attached hydrogen (secondary N) is 3. The molecule has 6 nitrogen and oxygen atoms in total. The summed E-state index contributed by atoms with van der Waals surface area (Å²) in [6, 6.07) is 10.5. The number of aromatic nitrogens is 3. The van der Waals surface area contributed by atoms with Crippen molar-refractivity contribution in [1.29, 1.82) is 0 Å². The zero-order chi connectivity index (χ0) is 20.8. The molecule has 0 fully saturated rings. The molecule has 2 aromatic heterocycles. The van der Waals surface area contributed by atoms with Crippen molar-refractivity contribution < 1.29 is 4.79 Å². The van der Waals surface area contributed by atoms with Crippen molar-refractivity contribution in [3.8, 4) is 11.3 Å². The molecule has 0 bridgehead atoms. The van der Waals surface area contributed by atoms with Gasteiger partial charge < -0.3 is 15.6 Å². The molecule has 3 rings (SSSR count). The molecule has 3 aromatic rings. The quantitative estimate of drug-likeness (QED) is 0.441. The first-order valence-corrected chi connectivity index (χ1v) is 10.1. The first-order chi connectivity index (χ1) is 13.9. The Balaban J connectivity index is 1.73. The standard InChI is InChI=1S/C21H23Cl2N5O/c1-13(2)9-18(20(29)25-11-14-3-5-16(22)6-4-14)27-21-26-17(10-19(23)28-21)15-7-8-24-12-15/h3-8,10,12-13,18,24H,9,11H2,1-2H3,(H,25,29)(H,26,27,28). The van der Waals surface area contributed by atoms with Crippen molar-refractivity contribution >= 4 is 35.1 Å². The lowest BCUT2D eigenvalue weighted by atomic mass is 10.0. The summed E-state index contributed by atoms with van der Waals surface area (Å²) in [7, 11) is 0. The van der Waals surface area contributed by atoms with Crippen molar-refractivity contribution in [3.05, 3.63) is 64.5 Å². The summed E-state index contributed by atoms with van der Waals surface area (Å²) in [5.74, 6) is 0.499. The van der Waals surface area contributed by atoms with Gasteiger partial charge in [-0.1, -0.05) is 49.2 Å². The predicted molar refractivity (Wildman–Crippen MR) is 117 cm³/mol. The summed E-state index contributed by atoms with van der Waals surface area (Å²) in [5.41, 5.74) is 2.54. The van der Waals surface area contributed by atoms with E-state index in [4.69, 9.17) is 23.2 Å². The number of nitrogens with zero attached hydrogens (tertiary/aromatic N) is 2. The van der Waals surface area contributed by atoms with Gasteiger partial charge in [-0.2, -0.15) is 0 Å². The number of rotatable bonds is 8. The van der Waals surface area contributed by atoms with Gasteiger partial charge in [-0.05, 0) is 36.1 Å². The monoisotopic (exact) mass is 431 g/mol. The molecule has 29 heavy (non-hydrogen) atoms. The molecule has 1 atom stereocenters. The Kier molecular flexibility index (Phi) is 7.12. The zero-order valence-electron chi connectivity index (χ0n) is 16.2. The van der Waals surface area contributed by atoms with E-state index >= 15 is 0 Å². The largest absolute Gasteiger partial charge is 0.367 e. The Morgan fingerprint density at radius 1 is 1.14 bits per heavy atom. The van der Waals surface area contributed by atoms with E-state index in [-0.39, 0.29) is 5.91 Å². The van der Waals surface area contributed by atoms with Crippen LogP contribution in [0.2, 0.25) is 10.2 Å². The highest BCUT2D eigenvalue weighted by molar-refractivity contribution is 6.30. The number of H-pyrrole nitrogens is 1. The van der Waals surface area contributed by atoms with Crippen LogP contribution in [0.3, 0.4) is 0 Å². The van der Waals surface area contributed by atoms with E-state index in [1.807, 2.05) is 30.6 Å². The molecular weight excluding hydrogens is 409 g/mol. The van der Waals surface area contributed by atoms with Gasteiger partial charge in [0.1, 0.15) is 11.2 Å². The van der Waals surface area contributed by atoms with Crippen LogP contribution in [0.25, 0.3) is 11.3 Å². The molecule has 1 aromatic carbocycles. The number of carbonyl (C=O) groups excluding carboxylic acids is 1. The minimum absolute atomic E-state index is 0.125. The number of halogens is 2. The number of aromatic amines is 1. The smallest absolute Gasteiger partial charge is 0.242 e. The summed E-state index contributed by atoms with van der Waals surface area (Å²) in [4.78, 5) is 24.6. The zero-order valence-corrected chi connectivity index (χ0v) is 17.8. The fourth-order valence-electron chi connectivity index (χ4n) is 2.89. The minimum atomic E-state index is -0.486. The van der Waals surface area contributed by atoms with Crippen molar-refractivity contribution in [2.24, 2.45) is 5.92 Å². The van der Waals surface area contributed by atoms with Crippen LogP contribution in [0.4, 0.5) is 5.95 Å². The molecule has 0 saturated heterocycles. The van der Waals surface area contributed by atoms with Crippen LogP contribution >= 0.6 is 23.2 Å². The highest BCUT2D eigenvalue weighted by Gasteiger charge is 2.21. The summed E-state index contributed by atoms with van der Waals surface area (Å²) >= 11 is 12.1. The predicted octanol–water partition coefficient (Wildman–Crippen LogP) is 4.92. The second-order valence-corrected chi connectivity index (χ2v) is 7.99. The van der Waals surface area contributed by atoms with Crippen LogP contribution in [-0.4, -0.2) is 26.9 Å². The Morgan fingerprint density at radius 2 is 1.90 bits per heavy atom. The maximum absolute atomic E-state index is 12.8. The maximum Gasteiger partial charge on any atom is 0.242 e. The van der Waals surface area contributed by atoms with Crippen molar-refractivity contribution in [3.63, 3.8) is 0 Å². The first kappa shape index (κ1) is 21.1. The Morgan fingerprint density at radius 3 is 2.55 bits per heavy atom. The van der Waals surface area contributed by atoms with E-state index < -0.39 is 6.04 Å². The van der Waals surface area contributed by atoms with E-state index in [1.165, 1.54) is 0 Å². The second kappa shape index (κ2) is 9.76. The molecular formula is C21H23Cl2N5O. The van der Waals surface area contributed by atoms with Gasteiger partial charge in [0.2, 0.25) is 11.9 Å². The molecule has 0 aliphatic rings. The van der Waals surface area contributed by atoms with Gasteiger partial charge in [-0.25, -0.2) is 9.97 Å². The summed E-state index contributed by atoms with van der Waals surface area (Å²) in [6.07, 6.45) is 4.26. The molecule has 0 aliphatic carbocycles. The number of carbonyl (C=O) groups is 1. The highest BCUT2D eigenvalue weighted by atomic mass is 35.5. The minimum Gasteiger partial charge on any atom is -0.367 e. The number of amides is 1. The Bertz CT molecular complexity index is 942. The van der Waals surface area contributed by atoms with E-state index in [0.717, 1.165) is 11.1 Å². The molecule has 8 heteroatoms. The van der Waals surface area contributed by atoms with E-state index in [0.29, 0.717) is 40.7 Å². The number of anilines is 1. The van der Waals surface area contributed by atoms with Gasteiger partial charge in [0.15, 0.2) is 0 Å². The first-order valence-electron chi connectivity index (χ1n) is 9.37. The SMILES string of the molecule is CC(C)CC(Nc1nc(Cl)cc(-c2cc[nH]c2)n1)C(=O)NCc1ccc(Cl)cc1. The van der Waals surface area contributed by atoms with Crippen LogP contribution in [0.15, 0.2) is 48.8 Å². The topological polar surface area (TPSA) is 82.7 Å². The fraction of sp³-hybridized carbons (Fsp3) is 0.286. The third-order valence-electron chi connectivity index (χ3n) is 4.30. The van der Waals surface area contributed by atoms with Crippen LogP contribution in [0, 0.1) is 5.92 Å². The lowest BCUT2D eigenvalue weighted by molar-refractivity contribution is -0.122. The molecule has 0 spiro atoms. The van der Waals surface area contributed by atoms with E-state index in [9.17, 15) is 4.79 Å². The van der Waals surface area contributed by atoms with Crippen LogP contribution < -0.4 is 10.6 Å². The molecule has 2 heterocycles. The Labute approximate surface area is 180 Å². The second-order valence-electron chi connectivity index (χ2n) is 7.17. The molecule has 0 saturated carbocycles. The van der Waals surface area contributed by atoms with Crippen molar-refractivity contribution in [1.82, 2.24) is 20.3 Å². The summed E-state index contributed by atoms with van der Waals surface area (Å²) in [6.45, 7) is 4.54. The maximum atomic E-state index is 12.8. The van der Waals surface area contributed by atoms with Gasteiger partial charge >= 0.3 is 0 Å². The molecule has 1 amide bonds. The average Bonchev–Trinajstić information content (AvgIpc) is 3.21. The summed E-state index contributed by atoms with van der Waals surface area (Å²) in [5, 5.41) is 7.08. The molecule has 3 N–H and O–H groups in total. The van der Waals surface area contributed by atoms with Crippen molar-refractivity contribution in [2.45, 2.75) is 32.9 Å². The third-order valence-corrected chi connectivity index (χ3v) is 4.74. The third kappa shape index (κ3) is 6.21. The lowest BCUT2D eigenvalue weighted by Gasteiger charge is -2.20. The van der Waals surface area contributed by atoms with Crippen LogP contribution in [0.1, 0.15) is 25.8 Å². The summed E-state index contributed by atoms with van der Waals surface area (Å²) < 4.78 is 0. The molecule has 0 radical (unpaired) electrons. The number of hydrogen-bond acceptors (Lipinski definition) is 4. The molecule has 0 aliphatic heterocycles. The van der Waals surface area contributed by atoms with Gasteiger partial charge in [-0.15, -0.1) is 0 Å². The van der Waals surface area contributed by atoms with E-state index in [2.05, 4.69) is 39.4 Å². The van der Waals surface area contributed by atoms with E-state index in [1.54, 1.807) is 18.2 Å². The highest BCUT2D eigenvalue weighted by Crippen LogP contribution is 2.22. The molecule has 1 unspecified atom stereocenters. The van der Waals surface area contributed by atoms with Gasteiger partial charge in [0, 0.05) is 35.6 Å².